The van der Waals surface area contributed by atoms with Crippen LogP contribution in [0, 0.1) is 23.7 Å². The highest BCUT2D eigenvalue weighted by atomic mass is 16.4. The summed E-state index contributed by atoms with van der Waals surface area (Å²) in [6.45, 7) is 0.505. The fraction of sp³-hybridized carbons (Fsp3) is 0.333. The number of amides is 1. The van der Waals surface area contributed by atoms with Crippen molar-refractivity contribution in [1.82, 2.24) is 5.32 Å². The van der Waals surface area contributed by atoms with Gasteiger partial charge in [-0.3, -0.25) is 4.79 Å². The first kappa shape index (κ1) is 18.5. The Hall–Kier alpha value is -2.88. The number of allylic oxidation sites excluding steroid dienone is 2. The molecule has 1 fully saturated rings. The number of aliphatic carboxylic acids is 1. The second-order valence-electron chi connectivity index (χ2n) is 7.77. The van der Waals surface area contributed by atoms with E-state index in [4.69, 9.17) is 0 Å². The Labute approximate surface area is 165 Å². The normalized spacial score (nSPS) is 25.2. The minimum Gasteiger partial charge on any atom is -0.550 e. The van der Waals surface area contributed by atoms with Crippen LogP contribution in [0.2, 0.25) is 0 Å². The van der Waals surface area contributed by atoms with Gasteiger partial charge in [-0.05, 0) is 35.8 Å². The zero-order valence-corrected chi connectivity index (χ0v) is 15.7. The fourth-order valence-electron chi connectivity index (χ4n) is 4.86. The molecule has 1 N–H and O–H groups in total. The van der Waals surface area contributed by atoms with E-state index in [1.54, 1.807) is 0 Å². The summed E-state index contributed by atoms with van der Waals surface area (Å²) < 4.78 is 0. The van der Waals surface area contributed by atoms with Gasteiger partial charge in [0.15, 0.2) is 0 Å². The number of fused-ring (bicyclic) bond motifs is 2. The quantitative estimate of drug-likeness (QED) is 0.757. The third-order valence-corrected chi connectivity index (χ3v) is 6.17. The van der Waals surface area contributed by atoms with Gasteiger partial charge < -0.3 is 15.2 Å². The maximum absolute atomic E-state index is 12.8. The number of carboxylic acid groups (broad SMARTS) is 1. The van der Waals surface area contributed by atoms with Gasteiger partial charge in [0, 0.05) is 24.3 Å². The third kappa shape index (κ3) is 3.59. The Balaban J connectivity index is 1.43. The molecule has 2 aromatic rings. The molecule has 2 aromatic carbocycles. The van der Waals surface area contributed by atoms with Crippen molar-refractivity contribution in [1.29, 1.82) is 0 Å². The zero-order valence-electron chi connectivity index (χ0n) is 15.7. The number of carboxylic acids is 1. The van der Waals surface area contributed by atoms with E-state index >= 15 is 0 Å². The van der Waals surface area contributed by atoms with E-state index in [1.165, 1.54) is 11.1 Å². The van der Waals surface area contributed by atoms with Crippen LogP contribution in [0.25, 0.3) is 0 Å². The summed E-state index contributed by atoms with van der Waals surface area (Å²) >= 11 is 0. The van der Waals surface area contributed by atoms with Gasteiger partial charge in [0.2, 0.25) is 5.91 Å². The van der Waals surface area contributed by atoms with Gasteiger partial charge in [-0.2, -0.15) is 0 Å². The Kier molecular flexibility index (Phi) is 5.29. The van der Waals surface area contributed by atoms with E-state index in [-0.39, 0.29) is 23.7 Å². The first-order valence-electron chi connectivity index (χ1n) is 9.92. The van der Waals surface area contributed by atoms with Crippen molar-refractivity contribution in [2.24, 2.45) is 23.7 Å². The van der Waals surface area contributed by atoms with Gasteiger partial charge in [0.1, 0.15) is 0 Å². The van der Waals surface area contributed by atoms with Crippen molar-refractivity contribution in [3.05, 3.63) is 83.9 Å². The van der Waals surface area contributed by atoms with Gasteiger partial charge in [0.05, 0.1) is 5.92 Å². The van der Waals surface area contributed by atoms with Gasteiger partial charge in [0.25, 0.3) is 0 Å². The summed E-state index contributed by atoms with van der Waals surface area (Å²) in [4.78, 5) is 24.3. The van der Waals surface area contributed by atoms with Crippen LogP contribution in [0.15, 0.2) is 72.8 Å². The first-order chi connectivity index (χ1) is 13.6. The number of benzene rings is 2. The Morgan fingerprint density at radius 2 is 1.43 bits per heavy atom. The molecule has 2 aliphatic carbocycles. The number of rotatable bonds is 7. The smallest absolute Gasteiger partial charge is 0.224 e. The van der Waals surface area contributed by atoms with Gasteiger partial charge in [-0.15, -0.1) is 0 Å². The molecule has 2 bridgehead atoms. The first-order valence-corrected chi connectivity index (χ1v) is 9.92. The van der Waals surface area contributed by atoms with Crippen LogP contribution in [0.5, 0.6) is 0 Å². The van der Waals surface area contributed by atoms with Crippen molar-refractivity contribution in [2.75, 3.05) is 6.54 Å². The molecular formula is C24H24NO3-. The molecule has 0 heterocycles. The van der Waals surface area contributed by atoms with E-state index in [0.717, 1.165) is 12.8 Å². The largest absolute Gasteiger partial charge is 0.550 e. The minimum absolute atomic E-state index is 0.0203. The second-order valence-corrected chi connectivity index (χ2v) is 7.77. The van der Waals surface area contributed by atoms with Crippen molar-refractivity contribution >= 4 is 11.9 Å². The lowest BCUT2D eigenvalue weighted by molar-refractivity contribution is -0.313. The molecule has 0 aliphatic heterocycles. The lowest BCUT2D eigenvalue weighted by Gasteiger charge is -2.28. The van der Waals surface area contributed by atoms with Crippen LogP contribution in [-0.4, -0.2) is 18.4 Å². The number of hydrogen-bond acceptors (Lipinski definition) is 3. The molecule has 0 spiro atoms. The Morgan fingerprint density at radius 3 is 1.96 bits per heavy atom. The minimum atomic E-state index is -1.11. The van der Waals surface area contributed by atoms with E-state index in [9.17, 15) is 14.7 Å². The second kappa shape index (κ2) is 8.01. The van der Waals surface area contributed by atoms with Crippen LogP contribution in [-0.2, 0) is 9.59 Å². The van der Waals surface area contributed by atoms with Crippen LogP contribution >= 0.6 is 0 Å². The summed E-state index contributed by atoms with van der Waals surface area (Å²) in [7, 11) is 0. The van der Waals surface area contributed by atoms with Crippen LogP contribution in [0.4, 0.5) is 0 Å². The summed E-state index contributed by atoms with van der Waals surface area (Å²) in [6.07, 6.45) is 5.42. The highest BCUT2D eigenvalue weighted by molar-refractivity contribution is 5.86. The summed E-state index contributed by atoms with van der Waals surface area (Å²) in [5, 5.41) is 14.5. The number of hydrogen-bond donors (Lipinski definition) is 1. The average Bonchev–Trinajstić information content (AvgIpc) is 3.34. The molecule has 4 atom stereocenters. The molecule has 4 nitrogen and oxygen atoms in total. The number of carbonyl (C=O) groups excluding carboxylic acids is 2. The van der Waals surface area contributed by atoms with Gasteiger partial charge >= 0.3 is 0 Å². The predicted molar refractivity (Wildman–Crippen MR) is 105 cm³/mol. The van der Waals surface area contributed by atoms with Gasteiger partial charge in [-0.1, -0.05) is 72.8 Å². The standard InChI is InChI=1S/C24H25NO3/c26-23(21-18-11-12-19(15-18)22(21)24(27)28)25-14-13-20(16-7-3-1-4-8-16)17-9-5-2-6-10-17/h1-12,18-22H,13-15H2,(H,25,26)(H,27,28)/p-1/t18-,19-,21+,22-/m0/s1. The van der Waals surface area contributed by atoms with E-state index in [1.807, 2.05) is 48.6 Å². The molecular weight excluding hydrogens is 350 g/mol. The Morgan fingerprint density at radius 1 is 0.893 bits per heavy atom. The molecule has 0 saturated heterocycles. The topological polar surface area (TPSA) is 69.2 Å². The SMILES string of the molecule is O=C([O-])[C@@H]1[C@H](C(=O)NCCC(c2ccccc2)c2ccccc2)[C@H]2C=C[C@H]1C2. The summed E-state index contributed by atoms with van der Waals surface area (Å²) in [6, 6.07) is 20.5. The molecule has 0 aromatic heterocycles. The molecule has 1 saturated carbocycles. The fourth-order valence-corrected chi connectivity index (χ4v) is 4.86. The van der Waals surface area contributed by atoms with Crippen LogP contribution in [0.3, 0.4) is 0 Å². The average molecular weight is 374 g/mol. The summed E-state index contributed by atoms with van der Waals surface area (Å²) in [5.41, 5.74) is 2.41. The molecule has 4 heteroatoms. The lowest BCUT2D eigenvalue weighted by atomic mass is 9.82. The monoisotopic (exact) mass is 374 g/mol. The van der Waals surface area contributed by atoms with E-state index in [0.29, 0.717) is 6.54 Å². The third-order valence-electron chi connectivity index (χ3n) is 6.17. The molecule has 144 valence electrons. The molecule has 4 rings (SSSR count). The van der Waals surface area contributed by atoms with Crippen molar-refractivity contribution in [3.63, 3.8) is 0 Å². The van der Waals surface area contributed by atoms with Crippen molar-refractivity contribution in [3.8, 4) is 0 Å². The zero-order chi connectivity index (χ0) is 19.5. The van der Waals surface area contributed by atoms with Crippen molar-refractivity contribution < 1.29 is 14.7 Å². The maximum Gasteiger partial charge on any atom is 0.224 e. The predicted octanol–water partition coefficient (Wildman–Crippen LogP) is 2.51. The Bertz CT molecular complexity index is 822. The van der Waals surface area contributed by atoms with E-state index in [2.05, 4.69) is 29.6 Å². The van der Waals surface area contributed by atoms with Crippen LogP contribution < -0.4 is 10.4 Å². The van der Waals surface area contributed by atoms with Crippen LogP contribution in [0.1, 0.15) is 29.9 Å². The molecule has 1 amide bonds. The highest BCUT2D eigenvalue weighted by Gasteiger charge is 2.48. The lowest BCUT2D eigenvalue weighted by Crippen LogP contribution is -2.45. The molecule has 2 aliphatic rings. The summed E-state index contributed by atoms with van der Waals surface area (Å²) in [5.74, 6) is -2.34. The number of carbonyl (C=O) groups is 2. The highest BCUT2D eigenvalue weighted by Crippen LogP contribution is 2.47. The van der Waals surface area contributed by atoms with Crippen molar-refractivity contribution in [2.45, 2.75) is 18.8 Å². The molecule has 0 radical (unpaired) electrons. The van der Waals surface area contributed by atoms with E-state index < -0.39 is 17.8 Å². The molecule has 0 unspecified atom stereocenters. The molecule has 28 heavy (non-hydrogen) atoms. The number of nitrogens with one attached hydrogen (secondary N) is 1. The van der Waals surface area contributed by atoms with Gasteiger partial charge in [-0.25, -0.2) is 0 Å². The maximum atomic E-state index is 12.8.